The van der Waals surface area contributed by atoms with E-state index in [0.717, 1.165) is 39.0 Å². The van der Waals surface area contributed by atoms with E-state index in [9.17, 15) is 9.59 Å². The van der Waals surface area contributed by atoms with E-state index in [2.05, 4.69) is 40.4 Å². The molecule has 1 unspecified atom stereocenters. The van der Waals surface area contributed by atoms with Gasteiger partial charge in [0.2, 0.25) is 0 Å². The van der Waals surface area contributed by atoms with E-state index in [1.165, 1.54) is 0 Å². The lowest BCUT2D eigenvalue weighted by Crippen LogP contribution is -2.28. The SMILES string of the molecule is CCOC(=O)c1cn2c(cc1=O)-c1cc(Br)c(OCc3ccccc3)cc1CC2C(C)C. The summed E-state index contributed by atoms with van der Waals surface area (Å²) in [7, 11) is 0. The lowest BCUT2D eigenvalue weighted by molar-refractivity contribution is 0.0523. The highest BCUT2D eigenvalue weighted by molar-refractivity contribution is 9.10. The fraction of sp³-hybridized carbons (Fsp3) is 0.308. The number of carbonyl (C=O) groups excluding carboxylic acids is 1. The summed E-state index contributed by atoms with van der Waals surface area (Å²) >= 11 is 3.64. The van der Waals surface area contributed by atoms with E-state index >= 15 is 0 Å². The summed E-state index contributed by atoms with van der Waals surface area (Å²) in [6, 6.07) is 15.8. The van der Waals surface area contributed by atoms with E-state index in [4.69, 9.17) is 9.47 Å². The van der Waals surface area contributed by atoms with Gasteiger partial charge in [-0.1, -0.05) is 44.2 Å². The number of esters is 1. The maximum absolute atomic E-state index is 12.8. The maximum atomic E-state index is 12.8. The summed E-state index contributed by atoms with van der Waals surface area (Å²) in [6.07, 6.45) is 2.44. The highest BCUT2D eigenvalue weighted by atomic mass is 79.9. The van der Waals surface area contributed by atoms with Crippen LogP contribution in [0.4, 0.5) is 0 Å². The molecule has 5 nitrogen and oxygen atoms in total. The van der Waals surface area contributed by atoms with Gasteiger partial charge in [-0.2, -0.15) is 0 Å². The number of rotatable bonds is 6. The normalized spacial score (nSPS) is 14.6. The van der Waals surface area contributed by atoms with Crippen molar-refractivity contribution < 1.29 is 14.3 Å². The first kappa shape index (κ1) is 22.3. The van der Waals surface area contributed by atoms with Crippen molar-refractivity contribution in [2.45, 2.75) is 39.8 Å². The van der Waals surface area contributed by atoms with Crippen LogP contribution in [-0.4, -0.2) is 17.1 Å². The van der Waals surface area contributed by atoms with Crippen molar-refractivity contribution >= 4 is 21.9 Å². The van der Waals surface area contributed by atoms with E-state index in [1.807, 2.05) is 36.4 Å². The minimum Gasteiger partial charge on any atom is -0.488 e. The number of ether oxygens (including phenoxy) is 2. The van der Waals surface area contributed by atoms with Crippen molar-refractivity contribution in [3.63, 3.8) is 0 Å². The summed E-state index contributed by atoms with van der Waals surface area (Å²) < 4.78 is 14.1. The van der Waals surface area contributed by atoms with Crippen molar-refractivity contribution in [3.05, 3.63) is 86.1 Å². The van der Waals surface area contributed by atoms with Gasteiger partial charge >= 0.3 is 5.97 Å². The Balaban J connectivity index is 1.75. The molecule has 0 spiro atoms. The third kappa shape index (κ3) is 4.37. The van der Waals surface area contributed by atoms with Crippen LogP contribution in [0.1, 0.15) is 48.3 Å². The maximum Gasteiger partial charge on any atom is 0.343 e. The first-order chi connectivity index (χ1) is 15.4. The first-order valence-corrected chi connectivity index (χ1v) is 11.6. The van der Waals surface area contributed by atoms with Gasteiger partial charge in [-0.25, -0.2) is 4.79 Å². The Bertz CT molecular complexity index is 1200. The minimum atomic E-state index is -0.577. The molecule has 3 aromatic rings. The van der Waals surface area contributed by atoms with Crippen molar-refractivity contribution in [1.29, 1.82) is 0 Å². The number of hydrogen-bond donors (Lipinski definition) is 0. The Labute approximate surface area is 196 Å². The number of hydrogen-bond acceptors (Lipinski definition) is 4. The average molecular weight is 496 g/mol. The number of benzene rings is 2. The quantitative estimate of drug-likeness (QED) is 0.406. The van der Waals surface area contributed by atoms with Crippen molar-refractivity contribution in [2.24, 2.45) is 5.92 Å². The number of halogens is 1. The molecule has 1 aliphatic heterocycles. The van der Waals surface area contributed by atoms with Crippen molar-refractivity contribution in [2.75, 3.05) is 6.61 Å². The summed E-state index contributed by atoms with van der Waals surface area (Å²) in [6.45, 7) is 6.73. The second kappa shape index (κ2) is 9.33. The number of aromatic nitrogens is 1. The first-order valence-electron chi connectivity index (χ1n) is 10.8. The fourth-order valence-electron chi connectivity index (χ4n) is 4.13. The molecule has 1 aliphatic rings. The van der Waals surface area contributed by atoms with Gasteiger partial charge in [0.1, 0.15) is 17.9 Å². The Morgan fingerprint density at radius 1 is 1.19 bits per heavy atom. The van der Waals surface area contributed by atoms with Crippen LogP contribution >= 0.6 is 15.9 Å². The van der Waals surface area contributed by atoms with Crippen LogP contribution in [0.5, 0.6) is 5.75 Å². The molecule has 2 aromatic carbocycles. The highest BCUT2D eigenvalue weighted by Crippen LogP contribution is 2.41. The molecule has 4 rings (SSSR count). The summed E-state index contributed by atoms with van der Waals surface area (Å²) in [5.41, 5.74) is 3.74. The van der Waals surface area contributed by atoms with E-state index in [1.54, 1.807) is 19.2 Å². The molecule has 0 fully saturated rings. The number of fused-ring (bicyclic) bond motifs is 3. The van der Waals surface area contributed by atoms with Crippen LogP contribution in [0, 0.1) is 5.92 Å². The van der Waals surface area contributed by atoms with Gasteiger partial charge in [0, 0.05) is 23.9 Å². The molecule has 2 heterocycles. The molecular formula is C26H26BrNO4. The Hall–Kier alpha value is -2.86. The zero-order valence-corrected chi connectivity index (χ0v) is 20.0. The van der Waals surface area contributed by atoms with Gasteiger partial charge in [0.15, 0.2) is 5.43 Å². The lowest BCUT2D eigenvalue weighted by Gasteiger charge is -2.33. The van der Waals surface area contributed by atoms with E-state index < -0.39 is 5.97 Å². The molecule has 0 saturated carbocycles. The van der Waals surface area contributed by atoms with Gasteiger partial charge in [-0.15, -0.1) is 0 Å². The zero-order chi connectivity index (χ0) is 22.8. The lowest BCUT2D eigenvalue weighted by atomic mass is 9.87. The Morgan fingerprint density at radius 2 is 1.94 bits per heavy atom. The summed E-state index contributed by atoms with van der Waals surface area (Å²) in [4.78, 5) is 25.1. The van der Waals surface area contributed by atoms with Gasteiger partial charge in [-0.3, -0.25) is 4.79 Å². The van der Waals surface area contributed by atoms with Crippen LogP contribution in [0.3, 0.4) is 0 Å². The molecule has 0 N–H and O–H groups in total. The third-order valence-electron chi connectivity index (χ3n) is 5.80. The number of pyridine rings is 1. The van der Waals surface area contributed by atoms with E-state index in [0.29, 0.717) is 12.5 Å². The highest BCUT2D eigenvalue weighted by Gasteiger charge is 2.29. The van der Waals surface area contributed by atoms with E-state index in [-0.39, 0.29) is 23.6 Å². The number of nitrogens with zero attached hydrogens (tertiary/aromatic N) is 1. The largest absolute Gasteiger partial charge is 0.488 e. The molecule has 6 heteroatoms. The molecule has 0 amide bonds. The predicted octanol–water partition coefficient (Wildman–Crippen LogP) is 5.79. The standard InChI is InChI=1S/C26H26BrNO4/c1-4-31-26(30)20-14-28-22(16(2)3)10-18-11-25(32-15-17-8-6-5-7-9-17)21(27)12-19(18)23(28)13-24(20)29/h5-9,11-14,16,22H,4,10,15H2,1-3H3. The topological polar surface area (TPSA) is 57.5 Å². The predicted molar refractivity (Wildman–Crippen MR) is 128 cm³/mol. The molecule has 166 valence electrons. The molecule has 32 heavy (non-hydrogen) atoms. The van der Waals surface area contributed by atoms with Crippen LogP contribution in [0.15, 0.2) is 64.0 Å². The molecule has 0 bridgehead atoms. The number of carbonyl (C=O) groups is 1. The van der Waals surface area contributed by atoms with Gasteiger partial charge in [-0.05, 0) is 58.5 Å². The van der Waals surface area contributed by atoms with Crippen molar-refractivity contribution in [3.8, 4) is 17.0 Å². The van der Waals surface area contributed by atoms with Crippen LogP contribution in [0.25, 0.3) is 11.3 Å². The van der Waals surface area contributed by atoms with Gasteiger partial charge in [0.05, 0.1) is 16.8 Å². The summed E-state index contributed by atoms with van der Waals surface area (Å²) in [5, 5.41) is 0. The van der Waals surface area contributed by atoms with Crippen LogP contribution in [0.2, 0.25) is 0 Å². The molecule has 0 radical (unpaired) electrons. The van der Waals surface area contributed by atoms with Crippen molar-refractivity contribution in [1.82, 2.24) is 4.57 Å². The third-order valence-corrected chi connectivity index (χ3v) is 6.42. The monoisotopic (exact) mass is 495 g/mol. The molecule has 0 saturated heterocycles. The zero-order valence-electron chi connectivity index (χ0n) is 18.4. The molecule has 1 atom stereocenters. The average Bonchev–Trinajstić information content (AvgIpc) is 2.77. The Kier molecular flexibility index (Phi) is 6.51. The molecule has 0 aliphatic carbocycles. The molecular weight excluding hydrogens is 470 g/mol. The van der Waals surface area contributed by atoms with Gasteiger partial charge < -0.3 is 14.0 Å². The van der Waals surface area contributed by atoms with Crippen LogP contribution in [-0.2, 0) is 17.8 Å². The minimum absolute atomic E-state index is 0.0755. The van der Waals surface area contributed by atoms with Gasteiger partial charge in [0.25, 0.3) is 0 Å². The fourth-order valence-corrected chi connectivity index (χ4v) is 4.59. The summed E-state index contributed by atoms with van der Waals surface area (Å²) in [5.74, 6) is 0.498. The second-order valence-corrected chi connectivity index (χ2v) is 9.15. The smallest absolute Gasteiger partial charge is 0.343 e. The Morgan fingerprint density at radius 3 is 2.62 bits per heavy atom. The molecule has 1 aromatic heterocycles. The van der Waals surface area contributed by atoms with Crippen LogP contribution < -0.4 is 10.2 Å². The second-order valence-electron chi connectivity index (χ2n) is 8.29.